The first-order valence-electron chi connectivity index (χ1n) is 39.4. The van der Waals surface area contributed by atoms with E-state index in [1.807, 2.05) is 159 Å². The maximum absolute atomic E-state index is 17.2. The summed E-state index contributed by atoms with van der Waals surface area (Å²) in [5.41, 5.74) is -16.0. The molecule has 5 rings (SSSR count). The Morgan fingerprint density at radius 3 is 1.53 bits per heavy atom. The van der Waals surface area contributed by atoms with Crippen LogP contribution in [0.5, 0.6) is 0 Å². The van der Waals surface area contributed by atoms with Gasteiger partial charge in [-0.05, 0) is 209 Å². The standard InChI is InChI=1S/C85H144O19/c1-34-43-94-54(8)99-67(89)80(29,50-74(17,18)35-2)63(51(4)5)83(32,70(92)100-56(10)96-45-39-44-95-55(9)98-66(88)75(19,20)49-72(11,12)13)77(23,24)52(6)81(30,68(90)103-61-57-47-58-59(48-57)64(86)102-62(58)61)76(21,22)53(7)82(31,69(91)101-60-40-46-97-65(60)87)78(25,26)79(27,28)84(33,73(14,15)16)71(93)104-85(36-3)41-37-38-42-85/h52-62H,34-50H2,1-33H3. The van der Waals surface area contributed by atoms with E-state index in [-0.39, 0.29) is 67.8 Å². The molecule has 0 spiro atoms. The van der Waals surface area contributed by atoms with Gasteiger partial charge in [0.05, 0.1) is 64.8 Å². The summed E-state index contributed by atoms with van der Waals surface area (Å²) in [5.74, 6) is -7.26. The highest BCUT2D eigenvalue weighted by atomic mass is 16.7. The number of rotatable bonds is 37. The average Bonchev–Trinajstić information content (AvgIpc) is 0.820. The lowest BCUT2D eigenvalue weighted by Gasteiger charge is -2.66. The largest absolute Gasteiger partial charge is 0.463 e. The molecule has 5 aliphatic rings. The van der Waals surface area contributed by atoms with Gasteiger partial charge in [-0.25, -0.2) is 4.79 Å². The Labute approximate surface area is 627 Å². The summed E-state index contributed by atoms with van der Waals surface area (Å²) in [6, 6.07) is 0. The number of hydrogen-bond donors (Lipinski definition) is 0. The van der Waals surface area contributed by atoms with Crippen LogP contribution >= 0.6 is 0 Å². The molecule has 104 heavy (non-hydrogen) atoms. The fourth-order valence-corrected chi connectivity index (χ4v) is 19.9. The van der Waals surface area contributed by atoms with Gasteiger partial charge in [0.25, 0.3) is 0 Å². The van der Waals surface area contributed by atoms with Crippen LogP contribution < -0.4 is 0 Å². The Morgan fingerprint density at radius 1 is 0.558 bits per heavy atom. The van der Waals surface area contributed by atoms with Crippen molar-refractivity contribution >= 4 is 47.8 Å². The third-order valence-corrected chi connectivity index (χ3v) is 28.7. The second-order valence-corrected chi connectivity index (χ2v) is 39.2. The smallest absolute Gasteiger partial charge is 0.347 e. The molecule has 5 fully saturated rings. The van der Waals surface area contributed by atoms with E-state index in [9.17, 15) is 14.4 Å². The summed E-state index contributed by atoms with van der Waals surface area (Å²) in [4.78, 5) is 123. The second kappa shape index (κ2) is 32.1. The summed E-state index contributed by atoms with van der Waals surface area (Å²) in [7, 11) is 0. The fourth-order valence-electron chi connectivity index (χ4n) is 19.9. The molecule has 2 saturated heterocycles. The van der Waals surface area contributed by atoms with Crippen LogP contribution in [0.2, 0.25) is 0 Å². The average molecular weight is 1470 g/mol. The van der Waals surface area contributed by atoms with Crippen LogP contribution in [-0.4, -0.2) is 117 Å². The van der Waals surface area contributed by atoms with Crippen molar-refractivity contribution in [2.24, 2.45) is 100.0 Å². The number of fused-ring (bicyclic) bond motifs is 1. The highest BCUT2D eigenvalue weighted by Crippen LogP contribution is 2.72. The van der Waals surface area contributed by atoms with E-state index in [1.54, 1.807) is 27.7 Å². The summed E-state index contributed by atoms with van der Waals surface area (Å²) >= 11 is 0. The molecule has 2 heterocycles. The Kier molecular flexibility index (Phi) is 27.8. The van der Waals surface area contributed by atoms with Gasteiger partial charge in [0.1, 0.15) is 17.8 Å². The summed E-state index contributed by atoms with van der Waals surface area (Å²) in [6.45, 7) is 64.2. The minimum absolute atomic E-state index is 0.0383. The summed E-state index contributed by atoms with van der Waals surface area (Å²) in [5, 5.41) is 0. The van der Waals surface area contributed by atoms with Gasteiger partial charge in [0, 0.05) is 18.3 Å². The normalized spacial score (nSPS) is 25.2. The zero-order valence-electron chi connectivity index (χ0n) is 71.1. The molecule has 3 aliphatic carbocycles. The molecule has 0 radical (unpaired) electrons. The SMILES string of the molecule is CCCOC(C)OC(=O)C(C)(CC(C)(C)CC)C(=C(C)C)C(C)(C(=O)OC(C)OCCCOC(C)OC(=O)C(C)(C)CC(C)(C)C)C(C)(C)C(C)C(C)(C(=O)OC1C2CC3C(=O)OC1C3C2)C(C)(C)C(C)C(C)(C(=O)OC1CCOC1=O)C(C)(C)C(C)(C)C(C)(C(=O)OC1(CC)CCCC1)C(C)(C)C. The van der Waals surface area contributed by atoms with E-state index in [0.717, 1.165) is 25.7 Å². The highest BCUT2D eigenvalue weighted by molar-refractivity contribution is 5.90. The van der Waals surface area contributed by atoms with Gasteiger partial charge >= 0.3 is 47.8 Å². The zero-order chi connectivity index (χ0) is 79.9. The van der Waals surface area contributed by atoms with Crippen LogP contribution in [0.25, 0.3) is 0 Å². The first-order chi connectivity index (χ1) is 47.2. The van der Waals surface area contributed by atoms with Crippen molar-refractivity contribution in [3.63, 3.8) is 0 Å². The number of ether oxygens (including phenoxy) is 11. The van der Waals surface area contributed by atoms with Crippen LogP contribution in [-0.2, 0) is 90.5 Å². The Balaban J connectivity index is 1.82. The molecule has 19 nitrogen and oxygen atoms in total. The number of hydrogen-bond acceptors (Lipinski definition) is 19. The molecule has 2 aliphatic heterocycles. The molecule has 0 aromatic rings. The van der Waals surface area contributed by atoms with Crippen LogP contribution in [0.3, 0.4) is 0 Å². The minimum Gasteiger partial charge on any atom is -0.463 e. The van der Waals surface area contributed by atoms with E-state index < -0.39 is 155 Å². The van der Waals surface area contributed by atoms with Gasteiger partial charge < -0.3 is 52.1 Å². The molecule has 0 amide bonds. The predicted molar refractivity (Wildman–Crippen MR) is 400 cm³/mol. The number of carbonyl (C=O) groups is 8. The van der Waals surface area contributed by atoms with Crippen molar-refractivity contribution in [3.8, 4) is 0 Å². The molecule has 3 saturated carbocycles. The second-order valence-electron chi connectivity index (χ2n) is 39.2. The molecule has 19 heteroatoms. The molecule has 16 unspecified atom stereocenters. The lowest BCUT2D eigenvalue weighted by molar-refractivity contribution is -0.235. The summed E-state index contributed by atoms with van der Waals surface area (Å²) in [6.07, 6.45) is 1.73. The van der Waals surface area contributed by atoms with Crippen LogP contribution in [0, 0.1) is 100.0 Å². The molecule has 0 aromatic heterocycles. The molecule has 2 bridgehead atoms. The molecule has 0 N–H and O–H groups in total. The maximum Gasteiger partial charge on any atom is 0.347 e. The van der Waals surface area contributed by atoms with Crippen molar-refractivity contribution in [2.45, 2.75) is 355 Å². The van der Waals surface area contributed by atoms with Crippen molar-refractivity contribution in [3.05, 3.63) is 11.1 Å². The molecule has 598 valence electrons. The van der Waals surface area contributed by atoms with E-state index in [1.165, 1.54) is 0 Å². The van der Waals surface area contributed by atoms with Crippen molar-refractivity contribution in [1.29, 1.82) is 0 Å². The Hall–Kier alpha value is -4.62. The van der Waals surface area contributed by atoms with Crippen LogP contribution in [0.1, 0.15) is 312 Å². The van der Waals surface area contributed by atoms with E-state index in [2.05, 4.69) is 41.5 Å². The quantitative estimate of drug-likeness (QED) is 0.0185. The van der Waals surface area contributed by atoms with Crippen molar-refractivity contribution < 1.29 is 90.5 Å². The van der Waals surface area contributed by atoms with Gasteiger partial charge in [0.2, 0.25) is 6.10 Å². The van der Waals surface area contributed by atoms with E-state index in [4.69, 9.17) is 52.1 Å². The molecular weight excluding hydrogens is 1320 g/mol. The minimum atomic E-state index is -1.92. The zero-order valence-corrected chi connectivity index (χ0v) is 71.1. The maximum atomic E-state index is 17.2. The number of allylic oxidation sites excluding steroid dienone is 1. The fraction of sp³-hybridized carbons (Fsp3) is 0.882. The van der Waals surface area contributed by atoms with Gasteiger partial charge in [-0.3, -0.25) is 33.6 Å². The lowest BCUT2D eigenvalue weighted by atomic mass is 9.37. The first-order valence-corrected chi connectivity index (χ1v) is 39.4. The predicted octanol–water partition coefficient (Wildman–Crippen LogP) is 18.2. The first kappa shape index (κ1) is 90.0. The van der Waals surface area contributed by atoms with E-state index in [0.29, 0.717) is 62.7 Å². The van der Waals surface area contributed by atoms with Crippen LogP contribution in [0.4, 0.5) is 0 Å². The Morgan fingerprint density at radius 2 is 1.06 bits per heavy atom. The highest BCUT2D eigenvalue weighted by Gasteiger charge is 2.74. The van der Waals surface area contributed by atoms with Gasteiger partial charge in [-0.1, -0.05) is 157 Å². The van der Waals surface area contributed by atoms with Crippen LogP contribution in [0.15, 0.2) is 11.1 Å². The van der Waals surface area contributed by atoms with Crippen molar-refractivity contribution in [2.75, 3.05) is 26.4 Å². The molecular formula is C85H144O19. The third-order valence-electron chi connectivity index (χ3n) is 28.7. The third kappa shape index (κ3) is 16.9. The number of cyclic esters (lactones) is 1. The van der Waals surface area contributed by atoms with Gasteiger partial charge in [-0.2, -0.15) is 0 Å². The summed E-state index contributed by atoms with van der Waals surface area (Å²) < 4.78 is 69.3. The van der Waals surface area contributed by atoms with Crippen molar-refractivity contribution in [1.82, 2.24) is 0 Å². The van der Waals surface area contributed by atoms with E-state index >= 15 is 24.0 Å². The molecule has 0 aromatic carbocycles. The molecule has 16 atom stereocenters. The Bertz CT molecular complexity index is 3110. The van der Waals surface area contributed by atoms with Gasteiger partial charge in [0.15, 0.2) is 18.9 Å². The topological polar surface area (TPSA) is 238 Å². The number of carbonyl (C=O) groups excluding carboxylic acids is 8. The number of esters is 8. The lowest BCUT2D eigenvalue weighted by Crippen LogP contribution is -2.68. The monoisotopic (exact) mass is 1470 g/mol. The van der Waals surface area contributed by atoms with Gasteiger partial charge in [-0.15, -0.1) is 0 Å².